The molecule has 7 nitrogen and oxygen atoms in total. The van der Waals surface area contributed by atoms with E-state index in [4.69, 9.17) is 0 Å². The van der Waals surface area contributed by atoms with Crippen molar-refractivity contribution in [2.24, 2.45) is 0 Å². The van der Waals surface area contributed by atoms with Crippen LogP contribution >= 0.6 is 0 Å². The predicted octanol–water partition coefficient (Wildman–Crippen LogP) is 4.22. The molecule has 1 fully saturated rings. The molecule has 1 saturated heterocycles. The molecule has 1 aromatic carbocycles. The van der Waals surface area contributed by atoms with Crippen LogP contribution in [0.3, 0.4) is 0 Å². The summed E-state index contributed by atoms with van der Waals surface area (Å²) < 4.78 is 40.1. The molecule has 0 bridgehead atoms. The Balaban J connectivity index is 1.67. The lowest BCUT2D eigenvalue weighted by Crippen LogP contribution is -2.46. The highest BCUT2D eigenvalue weighted by Crippen LogP contribution is 2.32. The Morgan fingerprint density at radius 3 is 2.60 bits per heavy atom. The average molecular weight is 414 g/mol. The zero-order valence-corrected chi connectivity index (χ0v) is 15.6. The number of alkyl halides is 3. The second-order valence-electron chi connectivity index (χ2n) is 6.61. The summed E-state index contributed by atoms with van der Waals surface area (Å²) in [5.74, 6) is -0.0781. The lowest BCUT2D eigenvalue weighted by atomic mass is 10.2. The van der Waals surface area contributed by atoms with Gasteiger partial charge in [0.1, 0.15) is 5.82 Å². The summed E-state index contributed by atoms with van der Waals surface area (Å²) in [6.07, 6.45) is -0.910. The first-order valence-corrected chi connectivity index (χ1v) is 9.19. The molecular formula is C20H17F3N6O. The molecule has 1 aliphatic rings. The Morgan fingerprint density at radius 2 is 1.87 bits per heavy atom. The van der Waals surface area contributed by atoms with Gasteiger partial charge in [-0.1, -0.05) is 6.07 Å². The zero-order chi connectivity index (χ0) is 21.1. The number of nitrogens with one attached hydrogen (secondary N) is 2. The molecule has 0 radical (unpaired) electrons. The number of carbonyl (C=O) groups excluding carboxylic acids is 1. The summed E-state index contributed by atoms with van der Waals surface area (Å²) >= 11 is 0. The van der Waals surface area contributed by atoms with Crippen molar-refractivity contribution in [1.29, 1.82) is 0 Å². The molecule has 2 N–H and O–H groups in total. The lowest BCUT2D eigenvalue weighted by molar-refractivity contribution is -0.141. The molecule has 10 heteroatoms. The molecule has 154 valence electrons. The number of amides is 2. The fourth-order valence-corrected chi connectivity index (χ4v) is 3.06. The van der Waals surface area contributed by atoms with E-state index in [1.54, 1.807) is 29.2 Å². The van der Waals surface area contributed by atoms with E-state index in [0.717, 1.165) is 12.5 Å². The Morgan fingerprint density at radius 1 is 1.07 bits per heavy atom. The smallest absolute Gasteiger partial charge is 0.340 e. The number of hydrogen-bond donors (Lipinski definition) is 2. The number of pyridine rings is 1. The van der Waals surface area contributed by atoms with Crippen molar-refractivity contribution in [3.05, 3.63) is 60.6 Å². The number of rotatable bonds is 4. The minimum atomic E-state index is -4.63. The summed E-state index contributed by atoms with van der Waals surface area (Å²) in [5, 5.41) is 5.66. The number of nitrogens with zero attached hydrogens (tertiary/aromatic N) is 4. The minimum Gasteiger partial charge on any atom is -0.340 e. The molecule has 3 heterocycles. The number of halogens is 3. The van der Waals surface area contributed by atoms with Gasteiger partial charge in [-0.3, -0.25) is 9.88 Å². The van der Waals surface area contributed by atoms with Gasteiger partial charge in [-0.05, 0) is 36.8 Å². The van der Waals surface area contributed by atoms with Crippen LogP contribution < -0.4 is 15.5 Å². The van der Waals surface area contributed by atoms with E-state index < -0.39 is 11.9 Å². The molecule has 0 unspecified atom stereocenters. The maximum Gasteiger partial charge on any atom is 0.433 e. The Bertz CT molecular complexity index is 1060. The maximum absolute atomic E-state index is 13.4. The highest BCUT2D eigenvalue weighted by Gasteiger charge is 2.34. The Labute approximate surface area is 170 Å². The standard InChI is InChI=1S/C20H17F3N6O/c21-20(22,23)16-12-17(28-18(27-16)13-5-8-24-9-6-13)26-14-3-1-4-15(11-14)29-10-2-7-25-19(29)30/h1,3-6,8-9,11-12H,2,7,10H2,(H,25,30)(H,26,27,28). The molecule has 2 amide bonds. The monoisotopic (exact) mass is 414 g/mol. The highest BCUT2D eigenvalue weighted by molar-refractivity contribution is 5.93. The Kier molecular flexibility index (Phi) is 5.21. The molecule has 0 saturated carbocycles. The third-order valence-electron chi connectivity index (χ3n) is 4.47. The van der Waals surface area contributed by atoms with Crippen LogP contribution in [0.4, 0.5) is 35.2 Å². The SMILES string of the molecule is O=C1NCCCN1c1cccc(Nc2cc(C(F)(F)F)nc(-c3ccncc3)n2)c1. The van der Waals surface area contributed by atoms with Crippen molar-refractivity contribution in [1.82, 2.24) is 20.3 Å². The summed E-state index contributed by atoms with van der Waals surface area (Å²) in [5.41, 5.74) is 0.492. The van der Waals surface area contributed by atoms with Gasteiger partial charge in [0.15, 0.2) is 11.5 Å². The highest BCUT2D eigenvalue weighted by atomic mass is 19.4. The van der Waals surface area contributed by atoms with Crippen molar-refractivity contribution >= 4 is 23.2 Å². The van der Waals surface area contributed by atoms with Crippen LogP contribution in [0.1, 0.15) is 12.1 Å². The quantitative estimate of drug-likeness (QED) is 0.668. The molecule has 0 atom stereocenters. The van der Waals surface area contributed by atoms with Crippen molar-refractivity contribution in [3.63, 3.8) is 0 Å². The van der Waals surface area contributed by atoms with E-state index in [-0.39, 0.29) is 17.7 Å². The number of urea groups is 1. The summed E-state index contributed by atoms with van der Waals surface area (Å²) in [7, 11) is 0. The largest absolute Gasteiger partial charge is 0.433 e. The van der Waals surface area contributed by atoms with Crippen molar-refractivity contribution in [3.8, 4) is 11.4 Å². The first-order valence-electron chi connectivity index (χ1n) is 9.19. The topological polar surface area (TPSA) is 83.0 Å². The van der Waals surface area contributed by atoms with Gasteiger partial charge in [-0.15, -0.1) is 0 Å². The number of benzene rings is 1. The van der Waals surface area contributed by atoms with Crippen LogP contribution in [-0.2, 0) is 6.18 Å². The number of anilines is 3. The molecule has 30 heavy (non-hydrogen) atoms. The van der Waals surface area contributed by atoms with E-state index in [1.165, 1.54) is 24.5 Å². The molecule has 2 aromatic heterocycles. The first kappa shape index (κ1) is 19.6. The van der Waals surface area contributed by atoms with Gasteiger partial charge in [-0.25, -0.2) is 14.8 Å². The zero-order valence-electron chi connectivity index (χ0n) is 15.6. The molecule has 0 aliphatic carbocycles. The third kappa shape index (κ3) is 4.32. The van der Waals surface area contributed by atoms with E-state index in [1.807, 2.05) is 0 Å². The van der Waals surface area contributed by atoms with Crippen LogP contribution in [0, 0.1) is 0 Å². The van der Waals surface area contributed by atoms with Gasteiger partial charge in [0.2, 0.25) is 0 Å². The van der Waals surface area contributed by atoms with Crippen molar-refractivity contribution in [2.45, 2.75) is 12.6 Å². The van der Waals surface area contributed by atoms with Gasteiger partial charge in [0.05, 0.1) is 0 Å². The number of carbonyl (C=O) groups is 1. The van der Waals surface area contributed by atoms with Crippen LogP contribution in [0.25, 0.3) is 11.4 Å². The lowest BCUT2D eigenvalue weighted by Gasteiger charge is -2.27. The second-order valence-corrected chi connectivity index (χ2v) is 6.61. The van der Waals surface area contributed by atoms with Crippen LogP contribution in [0.5, 0.6) is 0 Å². The third-order valence-corrected chi connectivity index (χ3v) is 4.47. The second kappa shape index (κ2) is 7.97. The van der Waals surface area contributed by atoms with E-state index in [9.17, 15) is 18.0 Å². The van der Waals surface area contributed by atoms with Crippen LogP contribution in [0.2, 0.25) is 0 Å². The van der Waals surface area contributed by atoms with Gasteiger partial charge in [-0.2, -0.15) is 13.2 Å². The van der Waals surface area contributed by atoms with Crippen molar-refractivity contribution in [2.75, 3.05) is 23.3 Å². The normalized spacial score (nSPS) is 14.4. The first-order chi connectivity index (χ1) is 14.4. The fourth-order valence-electron chi connectivity index (χ4n) is 3.06. The summed E-state index contributed by atoms with van der Waals surface area (Å²) in [6, 6.07) is 10.6. The van der Waals surface area contributed by atoms with Gasteiger partial charge >= 0.3 is 12.2 Å². The molecule has 3 aromatic rings. The maximum atomic E-state index is 13.4. The minimum absolute atomic E-state index is 0.00983. The number of hydrogen-bond acceptors (Lipinski definition) is 5. The summed E-state index contributed by atoms with van der Waals surface area (Å²) in [6.45, 7) is 1.18. The van der Waals surface area contributed by atoms with E-state index in [0.29, 0.717) is 30.0 Å². The molecule has 4 rings (SSSR count). The van der Waals surface area contributed by atoms with Crippen LogP contribution in [0.15, 0.2) is 54.9 Å². The fraction of sp³-hybridized carbons (Fsp3) is 0.200. The van der Waals surface area contributed by atoms with E-state index >= 15 is 0 Å². The van der Waals surface area contributed by atoms with Crippen molar-refractivity contribution < 1.29 is 18.0 Å². The number of aromatic nitrogens is 3. The molecular weight excluding hydrogens is 397 g/mol. The van der Waals surface area contributed by atoms with Gasteiger partial charge in [0, 0.05) is 48.5 Å². The summed E-state index contributed by atoms with van der Waals surface area (Å²) in [4.78, 5) is 25.4. The van der Waals surface area contributed by atoms with Gasteiger partial charge < -0.3 is 10.6 Å². The molecule has 1 aliphatic heterocycles. The van der Waals surface area contributed by atoms with Gasteiger partial charge in [0.25, 0.3) is 0 Å². The Hall–Kier alpha value is -3.69. The van der Waals surface area contributed by atoms with E-state index in [2.05, 4.69) is 25.6 Å². The van der Waals surface area contributed by atoms with Crippen LogP contribution in [-0.4, -0.2) is 34.1 Å². The predicted molar refractivity (Wildman–Crippen MR) is 105 cm³/mol. The molecule has 0 spiro atoms. The average Bonchev–Trinajstić information content (AvgIpc) is 2.74.